The lowest BCUT2D eigenvalue weighted by atomic mass is 10.00. The molecule has 0 spiro atoms. The normalized spacial score (nSPS) is 10.8. The molecule has 12 heavy (non-hydrogen) atoms. The molecule has 0 atom stereocenters. The van der Waals surface area contributed by atoms with Crippen molar-refractivity contribution in [1.29, 1.82) is 0 Å². The van der Waals surface area contributed by atoms with E-state index in [0.717, 1.165) is 16.7 Å². The Morgan fingerprint density at radius 3 is 1.83 bits per heavy atom. The lowest BCUT2D eigenvalue weighted by Gasteiger charge is -2.06. The molecule has 0 unspecified atom stereocenters. The third kappa shape index (κ3) is 3.38. The van der Waals surface area contributed by atoms with E-state index in [1.54, 1.807) is 0 Å². The molecule has 0 saturated heterocycles. The molecule has 0 saturated carbocycles. The van der Waals surface area contributed by atoms with Gasteiger partial charge in [-0.1, -0.05) is 36.5 Å². The second kappa shape index (κ2) is 4.76. The SMILES string of the molecule is C=C(C)C(=CC)C(=C)C=C(C)C. The van der Waals surface area contributed by atoms with Crippen LogP contribution in [0, 0.1) is 0 Å². The quantitative estimate of drug-likeness (QED) is 0.549. The summed E-state index contributed by atoms with van der Waals surface area (Å²) in [5.41, 5.74) is 4.53. The van der Waals surface area contributed by atoms with E-state index < -0.39 is 0 Å². The maximum atomic E-state index is 3.98. The summed E-state index contributed by atoms with van der Waals surface area (Å²) in [4.78, 5) is 0. The Morgan fingerprint density at radius 2 is 1.58 bits per heavy atom. The van der Waals surface area contributed by atoms with Crippen molar-refractivity contribution >= 4 is 0 Å². The summed E-state index contributed by atoms with van der Waals surface area (Å²) in [6, 6.07) is 0. The van der Waals surface area contributed by atoms with Crippen LogP contribution in [0.2, 0.25) is 0 Å². The van der Waals surface area contributed by atoms with E-state index in [0.29, 0.717) is 0 Å². The van der Waals surface area contributed by atoms with Crippen LogP contribution in [0.25, 0.3) is 0 Å². The molecule has 0 N–H and O–H groups in total. The van der Waals surface area contributed by atoms with Crippen molar-refractivity contribution in [2.45, 2.75) is 27.7 Å². The molecule has 0 aromatic rings. The van der Waals surface area contributed by atoms with Gasteiger partial charge in [-0.15, -0.1) is 0 Å². The number of hydrogen-bond acceptors (Lipinski definition) is 0. The van der Waals surface area contributed by atoms with E-state index in [9.17, 15) is 0 Å². The van der Waals surface area contributed by atoms with Gasteiger partial charge in [-0.2, -0.15) is 0 Å². The van der Waals surface area contributed by atoms with Gasteiger partial charge in [0, 0.05) is 0 Å². The van der Waals surface area contributed by atoms with E-state index in [-0.39, 0.29) is 0 Å². The van der Waals surface area contributed by atoms with E-state index in [1.165, 1.54) is 5.57 Å². The van der Waals surface area contributed by atoms with Crippen molar-refractivity contribution in [1.82, 2.24) is 0 Å². The van der Waals surface area contributed by atoms with Gasteiger partial charge in [0.1, 0.15) is 0 Å². The Hall–Kier alpha value is -1.04. The molecule has 0 heteroatoms. The smallest absolute Gasteiger partial charge is 0.0209 e. The second-order valence-corrected chi connectivity index (χ2v) is 3.23. The summed E-state index contributed by atoms with van der Waals surface area (Å²) < 4.78 is 0. The van der Waals surface area contributed by atoms with Crippen LogP contribution in [0.1, 0.15) is 27.7 Å². The highest BCUT2D eigenvalue weighted by molar-refractivity contribution is 5.48. The zero-order chi connectivity index (χ0) is 9.72. The van der Waals surface area contributed by atoms with Crippen LogP contribution >= 0.6 is 0 Å². The van der Waals surface area contributed by atoms with Crippen LogP contribution in [0.5, 0.6) is 0 Å². The average molecular weight is 162 g/mol. The molecule has 0 heterocycles. The molecular weight excluding hydrogens is 144 g/mol. The predicted molar refractivity (Wildman–Crippen MR) is 57.1 cm³/mol. The summed E-state index contributed by atoms with van der Waals surface area (Å²) in [6.07, 6.45) is 4.12. The van der Waals surface area contributed by atoms with Crippen LogP contribution in [-0.2, 0) is 0 Å². The highest BCUT2D eigenvalue weighted by Gasteiger charge is 1.98. The fourth-order valence-corrected chi connectivity index (χ4v) is 1.13. The maximum absolute atomic E-state index is 3.98. The highest BCUT2D eigenvalue weighted by Crippen LogP contribution is 2.18. The maximum Gasteiger partial charge on any atom is -0.0209 e. The molecule has 0 radical (unpaired) electrons. The summed E-state index contributed by atoms with van der Waals surface area (Å²) in [5, 5.41) is 0. The molecule has 0 aromatic carbocycles. The Kier molecular flexibility index (Phi) is 4.35. The first-order valence-electron chi connectivity index (χ1n) is 4.15. The third-order valence-corrected chi connectivity index (χ3v) is 1.56. The van der Waals surface area contributed by atoms with Crippen LogP contribution in [-0.4, -0.2) is 0 Å². The van der Waals surface area contributed by atoms with E-state index in [2.05, 4.69) is 33.1 Å². The molecule has 0 rings (SSSR count). The van der Waals surface area contributed by atoms with Gasteiger partial charge in [0.2, 0.25) is 0 Å². The summed E-state index contributed by atoms with van der Waals surface area (Å²) >= 11 is 0. The standard InChI is InChI=1S/C12H18/c1-7-12(10(4)5)11(6)8-9(2)3/h7-8H,4,6H2,1-3,5H3. The second-order valence-electron chi connectivity index (χ2n) is 3.23. The van der Waals surface area contributed by atoms with Gasteiger partial charge in [-0.3, -0.25) is 0 Å². The molecule has 0 bridgehead atoms. The minimum Gasteiger partial charge on any atom is -0.0955 e. The molecule has 0 fully saturated rings. The summed E-state index contributed by atoms with van der Waals surface area (Å²) in [6.45, 7) is 16.0. The molecule has 0 aliphatic carbocycles. The number of hydrogen-bond donors (Lipinski definition) is 0. The fraction of sp³-hybridized carbons (Fsp3) is 0.333. The molecule has 0 aliphatic heterocycles. The third-order valence-electron chi connectivity index (χ3n) is 1.56. The molecular formula is C12H18. The Balaban J connectivity index is 4.69. The first-order valence-corrected chi connectivity index (χ1v) is 4.15. The topological polar surface area (TPSA) is 0 Å². The van der Waals surface area contributed by atoms with Crippen LogP contribution in [0.4, 0.5) is 0 Å². The van der Waals surface area contributed by atoms with Gasteiger partial charge in [0.15, 0.2) is 0 Å². The van der Waals surface area contributed by atoms with Crippen molar-refractivity contribution in [2.75, 3.05) is 0 Å². The molecule has 66 valence electrons. The minimum atomic E-state index is 1.05. The summed E-state index contributed by atoms with van der Waals surface area (Å²) in [5.74, 6) is 0. The van der Waals surface area contributed by atoms with Gasteiger partial charge in [0.25, 0.3) is 0 Å². The van der Waals surface area contributed by atoms with Gasteiger partial charge >= 0.3 is 0 Å². The Bertz CT molecular complexity index is 245. The molecule has 0 nitrogen and oxygen atoms in total. The molecule has 0 aliphatic rings. The van der Waals surface area contributed by atoms with Gasteiger partial charge in [-0.25, -0.2) is 0 Å². The largest absolute Gasteiger partial charge is 0.0955 e. The monoisotopic (exact) mass is 162 g/mol. The van der Waals surface area contributed by atoms with Crippen molar-refractivity contribution in [2.24, 2.45) is 0 Å². The van der Waals surface area contributed by atoms with Crippen molar-refractivity contribution < 1.29 is 0 Å². The van der Waals surface area contributed by atoms with E-state index >= 15 is 0 Å². The van der Waals surface area contributed by atoms with E-state index in [4.69, 9.17) is 0 Å². The van der Waals surface area contributed by atoms with Crippen LogP contribution in [0.15, 0.2) is 47.6 Å². The predicted octanol–water partition coefficient (Wildman–Crippen LogP) is 4.03. The number of allylic oxidation sites excluding steroid dienone is 6. The lowest BCUT2D eigenvalue weighted by Crippen LogP contribution is -1.86. The van der Waals surface area contributed by atoms with Gasteiger partial charge < -0.3 is 0 Å². The first kappa shape index (κ1) is 11.0. The van der Waals surface area contributed by atoms with Crippen molar-refractivity contribution in [3.63, 3.8) is 0 Å². The zero-order valence-corrected chi connectivity index (χ0v) is 8.57. The lowest BCUT2D eigenvalue weighted by molar-refractivity contribution is 1.33. The first-order chi connectivity index (χ1) is 5.49. The van der Waals surface area contributed by atoms with Gasteiger partial charge in [0.05, 0.1) is 0 Å². The van der Waals surface area contributed by atoms with Crippen LogP contribution in [0.3, 0.4) is 0 Å². The Morgan fingerprint density at radius 1 is 1.08 bits per heavy atom. The minimum absolute atomic E-state index is 1.05. The van der Waals surface area contributed by atoms with E-state index in [1.807, 2.05) is 19.9 Å². The molecule has 0 aromatic heterocycles. The van der Waals surface area contributed by atoms with Gasteiger partial charge in [-0.05, 0) is 38.8 Å². The van der Waals surface area contributed by atoms with Crippen molar-refractivity contribution in [3.8, 4) is 0 Å². The highest BCUT2D eigenvalue weighted by atomic mass is 14.0. The average Bonchev–Trinajstić information content (AvgIpc) is 1.85. The number of rotatable bonds is 3. The molecule has 0 amide bonds. The Labute approximate surface area is 76.0 Å². The fourth-order valence-electron chi connectivity index (χ4n) is 1.13. The zero-order valence-electron chi connectivity index (χ0n) is 8.57. The summed E-state index contributed by atoms with van der Waals surface area (Å²) in [7, 11) is 0. The van der Waals surface area contributed by atoms with Crippen LogP contribution < -0.4 is 0 Å². The van der Waals surface area contributed by atoms with Crippen molar-refractivity contribution in [3.05, 3.63) is 47.6 Å².